The van der Waals surface area contributed by atoms with Gasteiger partial charge in [0.05, 0.1) is 0 Å². The van der Waals surface area contributed by atoms with Crippen LogP contribution in [0.4, 0.5) is 5.69 Å². The summed E-state index contributed by atoms with van der Waals surface area (Å²) in [6, 6.07) is 15.2. The van der Waals surface area contributed by atoms with Crippen molar-refractivity contribution < 1.29 is 24.7 Å². The lowest BCUT2D eigenvalue weighted by Crippen LogP contribution is -2.39. The normalized spacial score (nSPS) is 16.3. The van der Waals surface area contributed by atoms with Crippen molar-refractivity contribution in [2.24, 2.45) is 0 Å². The van der Waals surface area contributed by atoms with Gasteiger partial charge in [-0.25, -0.2) is 9.78 Å². The van der Waals surface area contributed by atoms with Gasteiger partial charge in [0.25, 0.3) is 0 Å². The first-order valence-corrected chi connectivity index (χ1v) is 8.12. The Morgan fingerprint density at radius 2 is 1.42 bits per heavy atom. The summed E-state index contributed by atoms with van der Waals surface area (Å²) in [7, 11) is 0. The summed E-state index contributed by atoms with van der Waals surface area (Å²) in [6.07, 6.45) is 0. The van der Waals surface area contributed by atoms with E-state index in [-0.39, 0.29) is 18.1 Å². The van der Waals surface area contributed by atoms with Crippen LogP contribution in [0.1, 0.15) is 22.3 Å². The van der Waals surface area contributed by atoms with E-state index in [1.54, 1.807) is 24.3 Å². The Balaban J connectivity index is 1.88. The van der Waals surface area contributed by atoms with Crippen LogP contribution in [0.5, 0.6) is 23.0 Å². The average Bonchev–Trinajstić information content (AvgIpc) is 2.61. The minimum absolute atomic E-state index is 0.0664. The molecule has 0 unspecified atom stereocenters. The maximum atomic E-state index is 9.89. The molecule has 26 heavy (non-hydrogen) atoms. The summed E-state index contributed by atoms with van der Waals surface area (Å²) in [4.78, 5) is 11.4. The number of phenols is 2. The highest BCUT2D eigenvalue weighted by atomic mass is 17.2. The number of phenolic OH excluding ortho intramolecular Hbond substituents is 2. The second-order valence-corrected chi connectivity index (χ2v) is 6.41. The van der Waals surface area contributed by atoms with E-state index in [9.17, 15) is 10.2 Å². The maximum Gasteiger partial charge on any atom is 0.186 e. The lowest BCUT2D eigenvalue weighted by molar-refractivity contribution is -0.363. The van der Waals surface area contributed by atoms with Crippen LogP contribution < -0.4 is 10.5 Å². The third-order valence-corrected chi connectivity index (χ3v) is 4.82. The Kier molecular flexibility index (Phi) is 2.98. The lowest BCUT2D eigenvalue weighted by Gasteiger charge is -2.42. The summed E-state index contributed by atoms with van der Waals surface area (Å²) in [5.74, 6) is 0.987. The van der Waals surface area contributed by atoms with Gasteiger partial charge in [0.15, 0.2) is 5.60 Å². The summed E-state index contributed by atoms with van der Waals surface area (Å²) in [6.45, 7) is 0.268. The minimum atomic E-state index is -1.09. The molecule has 1 spiro atoms. The van der Waals surface area contributed by atoms with E-state index >= 15 is 0 Å². The summed E-state index contributed by atoms with van der Waals surface area (Å²) >= 11 is 0. The van der Waals surface area contributed by atoms with Crippen LogP contribution >= 0.6 is 0 Å². The third kappa shape index (κ3) is 1.94. The molecule has 2 aliphatic heterocycles. The zero-order valence-electron chi connectivity index (χ0n) is 13.6. The number of aromatic hydroxyl groups is 2. The van der Waals surface area contributed by atoms with Gasteiger partial charge in [0.2, 0.25) is 0 Å². The highest BCUT2D eigenvalue weighted by Crippen LogP contribution is 2.55. The van der Waals surface area contributed by atoms with Crippen molar-refractivity contribution in [3.63, 3.8) is 0 Å². The Hall–Kier alpha value is -3.22. The molecule has 3 aromatic rings. The molecular weight excluding hydrogens is 334 g/mol. The molecule has 0 saturated carbocycles. The monoisotopic (exact) mass is 349 g/mol. The van der Waals surface area contributed by atoms with E-state index in [2.05, 4.69) is 0 Å². The molecule has 0 aromatic heterocycles. The Bertz CT molecular complexity index is 995. The van der Waals surface area contributed by atoms with Gasteiger partial charge < -0.3 is 20.7 Å². The van der Waals surface area contributed by atoms with Crippen LogP contribution in [-0.4, -0.2) is 10.2 Å². The van der Waals surface area contributed by atoms with Crippen LogP contribution in [0.15, 0.2) is 54.6 Å². The van der Waals surface area contributed by atoms with Crippen molar-refractivity contribution in [2.75, 3.05) is 5.73 Å². The molecule has 5 rings (SSSR count). The molecule has 0 fully saturated rings. The fraction of sp³-hybridized carbons (Fsp3) is 0.100. The molecule has 0 aliphatic carbocycles. The van der Waals surface area contributed by atoms with E-state index in [4.69, 9.17) is 20.2 Å². The highest BCUT2D eigenvalue weighted by molar-refractivity contribution is 5.65. The van der Waals surface area contributed by atoms with Crippen LogP contribution in [0.3, 0.4) is 0 Å². The quantitative estimate of drug-likeness (QED) is 0.424. The third-order valence-electron chi connectivity index (χ3n) is 4.82. The maximum absolute atomic E-state index is 9.89. The van der Waals surface area contributed by atoms with E-state index in [0.717, 1.165) is 11.1 Å². The first-order chi connectivity index (χ1) is 12.6. The van der Waals surface area contributed by atoms with Crippen molar-refractivity contribution in [3.8, 4) is 23.0 Å². The summed E-state index contributed by atoms with van der Waals surface area (Å²) < 4.78 is 5.93. The van der Waals surface area contributed by atoms with Gasteiger partial charge in [0, 0.05) is 34.5 Å². The van der Waals surface area contributed by atoms with E-state index in [1.807, 2.05) is 18.2 Å². The van der Waals surface area contributed by atoms with E-state index < -0.39 is 5.60 Å². The first kappa shape index (κ1) is 15.1. The van der Waals surface area contributed by atoms with Crippen LogP contribution in [0, 0.1) is 0 Å². The number of nitrogen functional groups attached to an aromatic ring is 1. The first-order valence-electron chi connectivity index (χ1n) is 8.12. The van der Waals surface area contributed by atoms with Gasteiger partial charge in [0.1, 0.15) is 29.6 Å². The number of benzene rings is 3. The zero-order valence-corrected chi connectivity index (χ0v) is 13.6. The van der Waals surface area contributed by atoms with Gasteiger partial charge in [-0.2, -0.15) is 0 Å². The number of anilines is 1. The summed E-state index contributed by atoms with van der Waals surface area (Å²) in [5.41, 5.74) is 8.64. The number of ether oxygens (including phenoxy) is 1. The van der Waals surface area contributed by atoms with Gasteiger partial charge in [-0.05, 0) is 42.0 Å². The fourth-order valence-corrected chi connectivity index (χ4v) is 3.72. The number of rotatable bonds is 0. The molecular formula is C20H15NO5. The van der Waals surface area contributed by atoms with E-state index in [0.29, 0.717) is 28.3 Å². The van der Waals surface area contributed by atoms with Crippen molar-refractivity contribution in [2.45, 2.75) is 12.2 Å². The molecule has 2 aliphatic rings. The topological polar surface area (TPSA) is 94.2 Å². The van der Waals surface area contributed by atoms with Crippen LogP contribution in [-0.2, 0) is 22.0 Å². The second-order valence-electron chi connectivity index (χ2n) is 6.41. The average molecular weight is 349 g/mol. The number of nitrogens with two attached hydrogens (primary N) is 1. The van der Waals surface area contributed by atoms with Crippen molar-refractivity contribution >= 4 is 5.69 Å². The molecule has 6 nitrogen and oxygen atoms in total. The molecule has 3 aromatic carbocycles. The number of fused-ring (bicyclic) bond motifs is 6. The Morgan fingerprint density at radius 3 is 2.08 bits per heavy atom. The van der Waals surface area contributed by atoms with Gasteiger partial charge in [-0.15, -0.1) is 0 Å². The molecule has 0 bridgehead atoms. The van der Waals surface area contributed by atoms with Crippen molar-refractivity contribution in [1.29, 1.82) is 0 Å². The molecule has 0 amide bonds. The molecule has 0 radical (unpaired) electrons. The van der Waals surface area contributed by atoms with Crippen molar-refractivity contribution in [3.05, 3.63) is 76.9 Å². The standard InChI is InChI=1S/C20H15NO5/c21-12-1-4-15-11(7-12)10-24-26-20(15)16-5-2-13(22)8-18(16)25-19-9-14(23)3-6-17(19)20/h1-9,22-23H,10,21H2. The zero-order chi connectivity index (χ0) is 17.9. The largest absolute Gasteiger partial charge is 0.508 e. The van der Waals surface area contributed by atoms with Gasteiger partial charge >= 0.3 is 0 Å². The molecule has 130 valence electrons. The molecule has 6 heteroatoms. The predicted molar refractivity (Wildman–Crippen MR) is 92.9 cm³/mol. The lowest BCUT2D eigenvalue weighted by atomic mass is 9.76. The summed E-state index contributed by atoms with van der Waals surface area (Å²) in [5, 5.41) is 19.8. The SMILES string of the molecule is Nc1ccc2c(c1)COOC21c2ccc(O)cc2Oc2cc(O)ccc21. The van der Waals surface area contributed by atoms with Gasteiger partial charge in [-0.1, -0.05) is 6.07 Å². The van der Waals surface area contributed by atoms with E-state index in [1.165, 1.54) is 12.1 Å². The van der Waals surface area contributed by atoms with Crippen LogP contribution in [0.25, 0.3) is 0 Å². The molecule has 0 atom stereocenters. The predicted octanol–water partition coefficient (Wildman–Crippen LogP) is 3.54. The Labute approximate surface area is 148 Å². The second kappa shape index (κ2) is 5.14. The minimum Gasteiger partial charge on any atom is -0.508 e. The smallest absolute Gasteiger partial charge is 0.186 e. The number of hydrogen-bond acceptors (Lipinski definition) is 6. The number of hydrogen-bond donors (Lipinski definition) is 3. The van der Waals surface area contributed by atoms with Crippen molar-refractivity contribution in [1.82, 2.24) is 0 Å². The Morgan fingerprint density at radius 1 is 0.808 bits per heavy atom. The van der Waals surface area contributed by atoms with Crippen LogP contribution in [0.2, 0.25) is 0 Å². The molecule has 2 heterocycles. The molecule has 0 saturated heterocycles. The van der Waals surface area contributed by atoms with Gasteiger partial charge in [-0.3, -0.25) is 0 Å². The molecule has 4 N–H and O–H groups in total. The highest BCUT2D eigenvalue weighted by Gasteiger charge is 2.49. The fourth-order valence-electron chi connectivity index (χ4n) is 3.72.